The van der Waals surface area contributed by atoms with Crippen LogP contribution in [0.5, 0.6) is 5.75 Å². The van der Waals surface area contributed by atoms with E-state index in [-0.39, 0.29) is 11.5 Å². The summed E-state index contributed by atoms with van der Waals surface area (Å²) in [7, 11) is 0. The average Bonchev–Trinajstić information content (AvgIpc) is 2.47. The highest BCUT2D eigenvalue weighted by atomic mass is 16.3. The molecule has 0 spiro atoms. The number of carbonyl (C=O) groups is 1. The minimum Gasteiger partial charge on any atom is -0.508 e. The molecule has 3 aromatic rings. The molecular formula is C18H12O2. The summed E-state index contributed by atoms with van der Waals surface area (Å²) in [4.78, 5) is 12.8. The minimum absolute atomic E-state index is 0.0538. The standard InChI is InChI=1S/C18H12O2/c19-14-8-7-11-5-6-13-9-12-3-1-2-4-15(12)18(20)17(13)16(11)10-14/h1-8,10,19H,9H2. The predicted octanol–water partition coefficient (Wildman–Crippen LogP) is 3.68. The summed E-state index contributed by atoms with van der Waals surface area (Å²) in [6.45, 7) is 0. The molecule has 0 amide bonds. The topological polar surface area (TPSA) is 37.3 Å². The van der Waals surface area contributed by atoms with Gasteiger partial charge in [0.1, 0.15) is 5.75 Å². The lowest BCUT2D eigenvalue weighted by Crippen LogP contribution is -2.15. The van der Waals surface area contributed by atoms with Crippen molar-refractivity contribution in [1.82, 2.24) is 0 Å². The SMILES string of the molecule is O=C1c2ccccc2Cc2ccc3ccc(O)cc3c21. The zero-order valence-electron chi connectivity index (χ0n) is 10.8. The van der Waals surface area contributed by atoms with Crippen LogP contribution in [0.1, 0.15) is 27.0 Å². The molecule has 96 valence electrons. The fourth-order valence-corrected chi connectivity index (χ4v) is 3.00. The van der Waals surface area contributed by atoms with Crippen LogP contribution >= 0.6 is 0 Å². The third-order valence-electron chi connectivity index (χ3n) is 3.96. The number of hydrogen-bond acceptors (Lipinski definition) is 2. The van der Waals surface area contributed by atoms with Crippen LogP contribution in [0.15, 0.2) is 54.6 Å². The first-order valence-electron chi connectivity index (χ1n) is 6.61. The number of aromatic hydroxyl groups is 1. The summed E-state index contributed by atoms with van der Waals surface area (Å²) in [5, 5.41) is 11.5. The smallest absolute Gasteiger partial charge is 0.194 e. The molecule has 0 fully saturated rings. The van der Waals surface area contributed by atoms with E-state index in [4.69, 9.17) is 0 Å². The van der Waals surface area contributed by atoms with Gasteiger partial charge in [0, 0.05) is 11.1 Å². The van der Waals surface area contributed by atoms with Gasteiger partial charge in [-0.3, -0.25) is 4.79 Å². The first kappa shape index (κ1) is 11.2. The number of benzene rings is 3. The molecule has 0 saturated carbocycles. The van der Waals surface area contributed by atoms with Crippen LogP contribution in [0.3, 0.4) is 0 Å². The Morgan fingerprint density at radius 2 is 1.70 bits per heavy atom. The second kappa shape index (κ2) is 3.94. The Labute approximate surface area is 116 Å². The van der Waals surface area contributed by atoms with E-state index in [1.807, 2.05) is 42.5 Å². The van der Waals surface area contributed by atoms with Crippen LogP contribution in [0.4, 0.5) is 0 Å². The Kier molecular flexibility index (Phi) is 2.21. The molecule has 2 nitrogen and oxygen atoms in total. The number of phenols is 1. The maximum absolute atomic E-state index is 12.8. The first-order chi connectivity index (χ1) is 9.74. The largest absolute Gasteiger partial charge is 0.508 e. The lowest BCUT2D eigenvalue weighted by Gasteiger charge is -2.20. The van der Waals surface area contributed by atoms with Crippen molar-refractivity contribution in [2.45, 2.75) is 6.42 Å². The van der Waals surface area contributed by atoms with Crippen molar-refractivity contribution >= 4 is 16.6 Å². The van der Waals surface area contributed by atoms with Gasteiger partial charge >= 0.3 is 0 Å². The van der Waals surface area contributed by atoms with Crippen LogP contribution in [0.2, 0.25) is 0 Å². The second-order valence-corrected chi connectivity index (χ2v) is 5.17. The van der Waals surface area contributed by atoms with Crippen LogP contribution in [-0.2, 0) is 6.42 Å². The molecule has 0 heterocycles. The van der Waals surface area contributed by atoms with Gasteiger partial charge < -0.3 is 5.11 Å². The van der Waals surface area contributed by atoms with Crippen molar-refractivity contribution < 1.29 is 9.90 Å². The lowest BCUT2D eigenvalue weighted by molar-refractivity contribution is 0.103. The summed E-state index contributed by atoms with van der Waals surface area (Å²) in [6.07, 6.45) is 0.767. The van der Waals surface area contributed by atoms with Crippen LogP contribution in [0, 0.1) is 0 Å². The highest BCUT2D eigenvalue weighted by molar-refractivity contribution is 6.19. The van der Waals surface area contributed by atoms with E-state index in [0.717, 1.165) is 39.4 Å². The monoisotopic (exact) mass is 260 g/mol. The number of ketones is 1. The van der Waals surface area contributed by atoms with Gasteiger partial charge in [-0.1, -0.05) is 42.5 Å². The molecule has 0 saturated heterocycles. The van der Waals surface area contributed by atoms with Crippen molar-refractivity contribution in [3.8, 4) is 5.75 Å². The van der Waals surface area contributed by atoms with Crippen LogP contribution in [0.25, 0.3) is 10.8 Å². The van der Waals surface area contributed by atoms with Crippen LogP contribution < -0.4 is 0 Å². The zero-order chi connectivity index (χ0) is 13.7. The van der Waals surface area contributed by atoms with Gasteiger partial charge in [0.2, 0.25) is 0 Å². The van der Waals surface area contributed by atoms with Crippen molar-refractivity contribution in [2.75, 3.05) is 0 Å². The molecule has 2 heteroatoms. The second-order valence-electron chi connectivity index (χ2n) is 5.17. The molecule has 0 unspecified atom stereocenters. The van der Waals surface area contributed by atoms with Crippen LogP contribution in [-0.4, -0.2) is 10.9 Å². The van der Waals surface area contributed by atoms with Gasteiger partial charge in [0.05, 0.1) is 0 Å². The zero-order valence-corrected chi connectivity index (χ0v) is 10.8. The Hall–Kier alpha value is -2.61. The van der Waals surface area contributed by atoms with E-state index in [9.17, 15) is 9.90 Å². The third-order valence-corrected chi connectivity index (χ3v) is 3.96. The van der Waals surface area contributed by atoms with E-state index < -0.39 is 0 Å². The van der Waals surface area contributed by atoms with Crippen molar-refractivity contribution in [3.63, 3.8) is 0 Å². The fourth-order valence-electron chi connectivity index (χ4n) is 3.00. The average molecular weight is 260 g/mol. The van der Waals surface area contributed by atoms with Crippen molar-refractivity contribution in [2.24, 2.45) is 0 Å². The summed E-state index contributed by atoms with van der Waals surface area (Å²) < 4.78 is 0. The molecule has 0 radical (unpaired) electrons. The van der Waals surface area contributed by atoms with E-state index in [0.29, 0.717) is 0 Å². The lowest BCUT2D eigenvalue weighted by atomic mass is 9.82. The van der Waals surface area contributed by atoms with E-state index >= 15 is 0 Å². The molecule has 0 bridgehead atoms. The van der Waals surface area contributed by atoms with E-state index in [2.05, 4.69) is 0 Å². The normalized spacial score (nSPS) is 13.1. The molecule has 20 heavy (non-hydrogen) atoms. The summed E-state index contributed by atoms with van der Waals surface area (Å²) in [5.41, 5.74) is 3.62. The number of fused-ring (bicyclic) bond motifs is 4. The van der Waals surface area contributed by atoms with Gasteiger partial charge in [-0.05, 0) is 40.5 Å². The number of hydrogen-bond donors (Lipinski definition) is 1. The molecule has 4 rings (SSSR count). The molecule has 1 aliphatic carbocycles. The molecule has 0 aliphatic heterocycles. The molecular weight excluding hydrogens is 248 g/mol. The van der Waals surface area contributed by atoms with Crippen molar-refractivity contribution in [3.05, 3.63) is 76.9 Å². The fraction of sp³-hybridized carbons (Fsp3) is 0.0556. The van der Waals surface area contributed by atoms with Gasteiger partial charge in [-0.2, -0.15) is 0 Å². The first-order valence-corrected chi connectivity index (χ1v) is 6.61. The molecule has 1 N–H and O–H groups in total. The Balaban J connectivity index is 2.06. The highest BCUT2D eigenvalue weighted by Crippen LogP contribution is 2.33. The summed E-state index contributed by atoms with van der Waals surface area (Å²) >= 11 is 0. The van der Waals surface area contributed by atoms with E-state index in [1.165, 1.54) is 0 Å². The predicted molar refractivity (Wildman–Crippen MR) is 78.3 cm³/mol. The Morgan fingerprint density at radius 1 is 0.900 bits per heavy atom. The van der Waals surface area contributed by atoms with Gasteiger partial charge in [-0.15, -0.1) is 0 Å². The maximum Gasteiger partial charge on any atom is 0.194 e. The number of phenolic OH excluding ortho intramolecular Hbond substituents is 1. The van der Waals surface area contributed by atoms with Gasteiger partial charge in [0.15, 0.2) is 5.78 Å². The third kappa shape index (κ3) is 1.48. The van der Waals surface area contributed by atoms with Crippen molar-refractivity contribution in [1.29, 1.82) is 0 Å². The minimum atomic E-state index is 0.0538. The Morgan fingerprint density at radius 3 is 2.60 bits per heavy atom. The molecule has 1 aliphatic rings. The summed E-state index contributed by atoms with van der Waals surface area (Å²) in [6, 6.07) is 16.9. The van der Waals surface area contributed by atoms with Gasteiger partial charge in [0.25, 0.3) is 0 Å². The van der Waals surface area contributed by atoms with E-state index in [1.54, 1.807) is 12.1 Å². The Bertz CT molecular complexity index is 862. The molecule has 0 atom stereocenters. The number of rotatable bonds is 0. The summed E-state index contributed by atoms with van der Waals surface area (Å²) in [5.74, 6) is 0.246. The quantitative estimate of drug-likeness (QED) is 0.523. The highest BCUT2D eigenvalue weighted by Gasteiger charge is 2.24. The molecule has 3 aromatic carbocycles. The maximum atomic E-state index is 12.8. The molecule has 0 aromatic heterocycles. The number of carbonyl (C=O) groups excluding carboxylic acids is 1. The van der Waals surface area contributed by atoms with Gasteiger partial charge in [-0.25, -0.2) is 0 Å².